The van der Waals surface area contributed by atoms with E-state index in [1.54, 1.807) is 13.8 Å². The Hall–Kier alpha value is -3.72. The summed E-state index contributed by atoms with van der Waals surface area (Å²) in [5.74, 6) is -1.66. The minimum Gasteiger partial charge on any atom is -0.411 e. The molecule has 174 valence electrons. The first-order valence-corrected chi connectivity index (χ1v) is 10.8. The fourth-order valence-corrected chi connectivity index (χ4v) is 3.95. The van der Waals surface area contributed by atoms with Gasteiger partial charge >= 0.3 is 6.03 Å². The van der Waals surface area contributed by atoms with Gasteiger partial charge in [-0.05, 0) is 35.4 Å². The van der Waals surface area contributed by atoms with Crippen LogP contribution >= 0.6 is 0 Å². The highest BCUT2D eigenvalue weighted by Crippen LogP contribution is 2.20. The standard InChI is InChI=1S/C24H28N4O5/c1-15(2)21(22(29)27-33)28-23(30)19(25-24(28)31)13-10-16-8-11-18(12-9-16)20(26-32)14-17-6-4-3-5-7-17/h3-9,11-12,15,19,21,32-33H,10,13-14H2,1-2H3,(H,25,31)(H,27,29)/b26-20-/t19-,21+/m0/s1. The lowest BCUT2D eigenvalue weighted by Gasteiger charge is -2.26. The molecule has 2 atom stereocenters. The van der Waals surface area contributed by atoms with E-state index in [9.17, 15) is 19.6 Å². The van der Waals surface area contributed by atoms with E-state index in [1.165, 1.54) is 5.48 Å². The van der Waals surface area contributed by atoms with Crippen molar-refractivity contribution in [2.75, 3.05) is 0 Å². The molecule has 4 N–H and O–H groups in total. The van der Waals surface area contributed by atoms with Crippen molar-refractivity contribution in [3.63, 3.8) is 0 Å². The average Bonchev–Trinajstić information content (AvgIpc) is 3.10. The predicted octanol–water partition coefficient (Wildman–Crippen LogP) is 2.49. The third-order valence-electron chi connectivity index (χ3n) is 5.68. The normalized spacial score (nSPS) is 17.3. The quantitative estimate of drug-likeness (QED) is 0.153. The topological polar surface area (TPSA) is 131 Å². The Morgan fingerprint density at radius 2 is 1.76 bits per heavy atom. The third-order valence-corrected chi connectivity index (χ3v) is 5.68. The summed E-state index contributed by atoms with van der Waals surface area (Å²) < 4.78 is 0. The van der Waals surface area contributed by atoms with Crippen LogP contribution in [0.3, 0.4) is 0 Å². The summed E-state index contributed by atoms with van der Waals surface area (Å²) in [6.45, 7) is 3.38. The highest BCUT2D eigenvalue weighted by atomic mass is 16.5. The molecule has 1 saturated heterocycles. The van der Waals surface area contributed by atoms with Crippen molar-refractivity contribution >= 4 is 23.6 Å². The molecule has 0 aliphatic carbocycles. The molecular formula is C24H28N4O5. The van der Waals surface area contributed by atoms with Gasteiger partial charge in [0.2, 0.25) is 0 Å². The van der Waals surface area contributed by atoms with Gasteiger partial charge in [-0.1, -0.05) is 73.6 Å². The van der Waals surface area contributed by atoms with Gasteiger partial charge in [-0.15, -0.1) is 0 Å². The maximum absolute atomic E-state index is 12.8. The number of hydrogen-bond acceptors (Lipinski definition) is 6. The first kappa shape index (κ1) is 23.9. The Balaban J connectivity index is 1.63. The summed E-state index contributed by atoms with van der Waals surface area (Å²) in [7, 11) is 0. The minimum absolute atomic E-state index is 0.358. The largest absolute Gasteiger partial charge is 0.411 e. The number of carbonyl (C=O) groups excluding carboxylic acids is 3. The van der Waals surface area contributed by atoms with Gasteiger partial charge in [0.1, 0.15) is 12.1 Å². The van der Waals surface area contributed by atoms with E-state index in [4.69, 9.17) is 5.21 Å². The molecule has 0 aromatic heterocycles. The van der Waals surface area contributed by atoms with Crippen LogP contribution in [0, 0.1) is 5.92 Å². The summed E-state index contributed by atoms with van der Waals surface area (Å²) in [6, 6.07) is 14.7. The number of hydroxylamine groups is 1. The van der Waals surface area contributed by atoms with Gasteiger partial charge in [0, 0.05) is 6.42 Å². The molecule has 1 fully saturated rings. The molecule has 0 radical (unpaired) electrons. The van der Waals surface area contributed by atoms with Crippen molar-refractivity contribution in [1.29, 1.82) is 0 Å². The minimum atomic E-state index is -1.09. The van der Waals surface area contributed by atoms with Crippen LogP contribution in [0.1, 0.15) is 37.0 Å². The van der Waals surface area contributed by atoms with E-state index in [-0.39, 0.29) is 5.92 Å². The molecule has 2 aromatic rings. The zero-order valence-corrected chi connectivity index (χ0v) is 18.6. The SMILES string of the molecule is CC(C)[C@H](C(=O)NO)N1C(=O)N[C@@H](CCc2ccc(/C(Cc3ccccc3)=N\O)cc2)C1=O. The number of benzene rings is 2. The molecule has 0 saturated carbocycles. The molecular weight excluding hydrogens is 424 g/mol. The lowest BCUT2D eigenvalue weighted by molar-refractivity contribution is -0.142. The summed E-state index contributed by atoms with van der Waals surface area (Å²) in [6.07, 6.45) is 1.37. The first-order chi connectivity index (χ1) is 15.8. The number of urea groups is 1. The molecule has 33 heavy (non-hydrogen) atoms. The summed E-state index contributed by atoms with van der Waals surface area (Å²) in [5.41, 5.74) is 4.84. The van der Waals surface area contributed by atoms with E-state index in [2.05, 4.69) is 10.5 Å². The fraction of sp³-hybridized carbons (Fsp3) is 0.333. The second-order valence-electron chi connectivity index (χ2n) is 8.32. The highest BCUT2D eigenvalue weighted by Gasteiger charge is 2.45. The molecule has 9 nitrogen and oxygen atoms in total. The number of imide groups is 1. The first-order valence-electron chi connectivity index (χ1n) is 10.8. The number of amides is 4. The molecule has 4 amide bonds. The second kappa shape index (κ2) is 10.7. The molecule has 0 bridgehead atoms. The number of rotatable bonds is 9. The van der Waals surface area contributed by atoms with Crippen LogP contribution in [-0.4, -0.2) is 51.0 Å². The van der Waals surface area contributed by atoms with Gasteiger partial charge in [0.05, 0.1) is 5.71 Å². The van der Waals surface area contributed by atoms with Crippen LogP contribution < -0.4 is 10.8 Å². The Morgan fingerprint density at radius 1 is 1.09 bits per heavy atom. The Morgan fingerprint density at radius 3 is 2.33 bits per heavy atom. The van der Waals surface area contributed by atoms with Crippen LogP contribution in [0.15, 0.2) is 59.8 Å². The molecule has 1 aliphatic rings. The number of oxime groups is 1. The Labute approximate surface area is 192 Å². The van der Waals surface area contributed by atoms with E-state index in [1.807, 2.05) is 54.6 Å². The lowest BCUT2D eigenvalue weighted by Crippen LogP contribution is -2.52. The van der Waals surface area contributed by atoms with E-state index in [0.29, 0.717) is 25.0 Å². The highest BCUT2D eigenvalue weighted by molar-refractivity contribution is 6.07. The van der Waals surface area contributed by atoms with Gasteiger partial charge in [-0.2, -0.15) is 0 Å². The van der Waals surface area contributed by atoms with Gasteiger partial charge in [0.15, 0.2) is 0 Å². The fourth-order valence-electron chi connectivity index (χ4n) is 3.95. The van der Waals surface area contributed by atoms with Crippen LogP contribution in [0.5, 0.6) is 0 Å². The van der Waals surface area contributed by atoms with E-state index in [0.717, 1.165) is 21.6 Å². The van der Waals surface area contributed by atoms with Crippen LogP contribution in [-0.2, 0) is 22.4 Å². The average molecular weight is 453 g/mol. The van der Waals surface area contributed by atoms with Crippen molar-refractivity contribution in [3.05, 3.63) is 71.3 Å². The number of nitrogens with one attached hydrogen (secondary N) is 2. The molecule has 9 heteroatoms. The number of nitrogens with zero attached hydrogens (tertiary/aromatic N) is 2. The zero-order chi connectivity index (χ0) is 24.0. The van der Waals surface area contributed by atoms with Crippen molar-refractivity contribution in [2.45, 2.75) is 45.2 Å². The molecule has 2 aromatic carbocycles. The number of carbonyl (C=O) groups is 3. The molecule has 1 aliphatic heterocycles. The molecule has 1 heterocycles. The number of aryl methyl sites for hydroxylation is 1. The van der Waals surface area contributed by atoms with Crippen molar-refractivity contribution < 1.29 is 24.8 Å². The van der Waals surface area contributed by atoms with Crippen LogP contribution in [0.4, 0.5) is 4.79 Å². The maximum atomic E-state index is 12.8. The maximum Gasteiger partial charge on any atom is 0.325 e. The second-order valence-corrected chi connectivity index (χ2v) is 8.32. The Bertz CT molecular complexity index is 1020. The smallest absolute Gasteiger partial charge is 0.325 e. The zero-order valence-electron chi connectivity index (χ0n) is 18.6. The van der Waals surface area contributed by atoms with E-state index < -0.39 is 29.9 Å². The van der Waals surface area contributed by atoms with Gasteiger partial charge in [0.25, 0.3) is 11.8 Å². The lowest BCUT2D eigenvalue weighted by atomic mass is 9.98. The third kappa shape index (κ3) is 5.56. The van der Waals surface area contributed by atoms with Crippen molar-refractivity contribution in [1.82, 2.24) is 15.7 Å². The van der Waals surface area contributed by atoms with Gasteiger partial charge in [-0.3, -0.25) is 14.8 Å². The van der Waals surface area contributed by atoms with Crippen LogP contribution in [0.25, 0.3) is 0 Å². The van der Waals surface area contributed by atoms with Crippen molar-refractivity contribution in [2.24, 2.45) is 11.1 Å². The number of hydrogen-bond donors (Lipinski definition) is 4. The summed E-state index contributed by atoms with van der Waals surface area (Å²) in [4.78, 5) is 38.0. The van der Waals surface area contributed by atoms with E-state index >= 15 is 0 Å². The molecule has 0 unspecified atom stereocenters. The summed E-state index contributed by atoms with van der Waals surface area (Å²) >= 11 is 0. The predicted molar refractivity (Wildman–Crippen MR) is 121 cm³/mol. The van der Waals surface area contributed by atoms with Gasteiger partial charge < -0.3 is 10.5 Å². The summed E-state index contributed by atoms with van der Waals surface area (Å²) in [5, 5.41) is 24.5. The Kier molecular flexibility index (Phi) is 7.78. The molecule has 3 rings (SSSR count). The van der Waals surface area contributed by atoms with Gasteiger partial charge in [-0.25, -0.2) is 15.2 Å². The monoisotopic (exact) mass is 452 g/mol. The molecule has 0 spiro atoms. The van der Waals surface area contributed by atoms with Crippen LogP contribution in [0.2, 0.25) is 0 Å². The van der Waals surface area contributed by atoms with Crippen molar-refractivity contribution in [3.8, 4) is 0 Å².